The summed E-state index contributed by atoms with van der Waals surface area (Å²) < 4.78 is 9.74. The molecule has 1 aromatic rings. The van der Waals surface area contributed by atoms with Crippen molar-refractivity contribution in [2.24, 2.45) is 5.92 Å². The van der Waals surface area contributed by atoms with Gasteiger partial charge in [-0.2, -0.15) is 0 Å². The minimum atomic E-state index is -1.18. The fraction of sp³-hybridized carbons (Fsp3) is 0.385. The Balaban J connectivity index is 2.76. The number of hydrogen-bond acceptors (Lipinski definition) is 4. The Kier molecular flexibility index (Phi) is 5.17. The van der Waals surface area contributed by atoms with Crippen molar-refractivity contribution >= 4 is 11.9 Å². The molecule has 98 valence electrons. The number of carboxylic acid groups (broad SMARTS) is 1. The van der Waals surface area contributed by atoms with Gasteiger partial charge in [-0.25, -0.2) is 0 Å². The van der Waals surface area contributed by atoms with Gasteiger partial charge in [-0.05, 0) is 31.0 Å². The molecule has 1 rings (SSSR count). The Morgan fingerprint density at radius 3 is 2.33 bits per heavy atom. The van der Waals surface area contributed by atoms with E-state index in [2.05, 4.69) is 0 Å². The van der Waals surface area contributed by atoms with Gasteiger partial charge in [0, 0.05) is 0 Å². The average molecular weight is 252 g/mol. The van der Waals surface area contributed by atoms with Crippen molar-refractivity contribution in [1.82, 2.24) is 0 Å². The number of aliphatic carboxylic acids is 1. The number of hydrogen-bond donors (Lipinski definition) is 1. The van der Waals surface area contributed by atoms with Crippen LogP contribution in [0.2, 0.25) is 0 Å². The Morgan fingerprint density at radius 1 is 1.28 bits per heavy atom. The van der Waals surface area contributed by atoms with Crippen LogP contribution in [0, 0.1) is 5.92 Å². The molecule has 0 fully saturated rings. The summed E-state index contributed by atoms with van der Waals surface area (Å²) >= 11 is 0. The van der Waals surface area contributed by atoms with Gasteiger partial charge in [0.15, 0.2) is 5.92 Å². The van der Waals surface area contributed by atoms with Crippen LogP contribution >= 0.6 is 0 Å². The third-order valence-electron chi connectivity index (χ3n) is 2.47. The summed E-state index contributed by atoms with van der Waals surface area (Å²) in [5, 5.41) is 9.01. The molecule has 0 aliphatic heterocycles. The largest absolute Gasteiger partial charge is 0.497 e. The zero-order valence-corrected chi connectivity index (χ0v) is 10.4. The van der Waals surface area contributed by atoms with E-state index in [0.717, 1.165) is 5.56 Å². The van der Waals surface area contributed by atoms with Crippen LogP contribution in [0.3, 0.4) is 0 Å². The summed E-state index contributed by atoms with van der Waals surface area (Å²) in [6, 6.07) is 6.90. The van der Waals surface area contributed by atoms with Gasteiger partial charge in [0.25, 0.3) is 0 Å². The molecule has 0 aromatic heterocycles. The lowest BCUT2D eigenvalue weighted by atomic mass is 9.99. The minimum Gasteiger partial charge on any atom is -0.497 e. The van der Waals surface area contributed by atoms with E-state index >= 15 is 0 Å². The van der Waals surface area contributed by atoms with Crippen LogP contribution in [-0.4, -0.2) is 30.8 Å². The van der Waals surface area contributed by atoms with Crippen LogP contribution in [0.4, 0.5) is 0 Å². The lowest BCUT2D eigenvalue weighted by Gasteiger charge is -2.11. The first-order chi connectivity index (χ1) is 8.58. The van der Waals surface area contributed by atoms with E-state index in [9.17, 15) is 9.59 Å². The number of ether oxygens (including phenoxy) is 2. The Morgan fingerprint density at radius 2 is 1.89 bits per heavy atom. The minimum absolute atomic E-state index is 0.109. The van der Waals surface area contributed by atoms with Gasteiger partial charge in [0.1, 0.15) is 5.75 Å². The van der Waals surface area contributed by atoms with Crippen molar-refractivity contribution in [3.05, 3.63) is 29.8 Å². The summed E-state index contributed by atoms with van der Waals surface area (Å²) in [6.07, 6.45) is 0.109. The van der Waals surface area contributed by atoms with Crippen LogP contribution in [0.25, 0.3) is 0 Å². The van der Waals surface area contributed by atoms with Crippen molar-refractivity contribution in [3.8, 4) is 5.75 Å². The molecule has 0 aliphatic carbocycles. The van der Waals surface area contributed by atoms with E-state index in [1.807, 2.05) is 0 Å². The average Bonchev–Trinajstić information content (AvgIpc) is 2.36. The van der Waals surface area contributed by atoms with Crippen LogP contribution < -0.4 is 4.74 Å². The highest BCUT2D eigenvalue weighted by Gasteiger charge is 2.27. The quantitative estimate of drug-likeness (QED) is 0.613. The third kappa shape index (κ3) is 3.76. The molecule has 0 aliphatic rings. The lowest BCUT2D eigenvalue weighted by Crippen LogP contribution is -2.27. The third-order valence-corrected chi connectivity index (χ3v) is 2.47. The van der Waals surface area contributed by atoms with E-state index in [4.69, 9.17) is 14.6 Å². The molecule has 0 saturated heterocycles. The number of carboxylic acids is 1. The first-order valence-corrected chi connectivity index (χ1v) is 5.60. The number of carbonyl (C=O) groups is 2. The number of rotatable bonds is 6. The molecule has 1 N–H and O–H groups in total. The van der Waals surface area contributed by atoms with Crippen LogP contribution in [-0.2, 0) is 20.7 Å². The van der Waals surface area contributed by atoms with E-state index in [1.165, 1.54) is 0 Å². The highest BCUT2D eigenvalue weighted by atomic mass is 16.5. The zero-order chi connectivity index (χ0) is 13.5. The first kappa shape index (κ1) is 14.0. The maximum absolute atomic E-state index is 11.5. The van der Waals surface area contributed by atoms with Crippen molar-refractivity contribution in [2.75, 3.05) is 13.7 Å². The highest BCUT2D eigenvalue weighted by molar-refractivity contribution is 5.94. The molecular weight excluding hydrogens is 236 g/mol. The number of benzene rings is 1. The Hall–Kier alpha value is -2.04. The van der Waals surface area contributed by atoms with Crippen LogP contribution in [0.5, 0.6) is 5.75 Å². The second-order valence-corrected chi connectivity index (χ2v) is 3.70. The predicted octanol–water partition coefficient (Wildman–Crippen LogP) is 1.50. The SMILES string of the molecule is CCOC(=O)C(Cc1ccc(OC)cc1)C(=O)O. The summed E-state index contributed by atoms with van der Waals surface area (Å²) in [5.41, 5.74) is 0.747. The van der Waals surface area contributed by atoms with Crippen LogP contribution in [0.1, 0.15) is 12.5 Å². The molecule has 0 spiro atoms. The van der Waals surface area contributed by atoms with Crippen molar-refractivity contribution in [1.29, 1.82) is 0 Å². The predicted molar refractivity (Wildman–Crippen MR) is 64.5 cm³/mol. The molecular formula is C13H16O5. The molecule has 5 nitrogen and oxygen atoms in total. The standard InChI is InChI=1S/C13H16O5/c1-3-18-13(16)11(12(14)15)8-9-4-6-10(17-2)7-5-9/h4-7,11H,3,8H2,1-2H3,(H,14,15). The summed E-state index contributed by atoms with van der Waals surface area (Å²) in [4.78, 5) is 22.5. The fourth-order valence-corrected chi connectivity index (χ4v) is 1.51. The molecule has 1 unspecified atom stereocenters. The second kappa shape index (κ2) is 6.64. The Bertz CT molecular complexity index is 410. The summed E-state index contributed by atoms with van der Waals surface area (Å²) in [6.45, 7) is 1.81. The fourth-order valence-electron chi connectivity index (χ4n) is 1.51. The molecule has 0 heterocycles. The van der Waals surface area contributed by atoms with E-state index in [-0.39, 0.29) is 13.0 Å². The number of carbonyl (C=O) groups excluding carboxylic acids is 1. The molecule has 5 heteroatoms. The summed E-state index contributed by atoms with van der Waals surface area (Å²) in [7, 11) is 1.55. The molecule has 0 amide bonds. The second-order valence-electron chi connectivity index (χ2n) is 3.70. The van der Waals surface area contributed by atoms with Gasteiger partial charge in [-0.3, -0.25) is 9.59 Å². The van der Waals surface area contributed by atoms with Gasteiger partial charge in [0.2, 0.25) is 0 Å². The summed E-state index contributed by atoms with van der Waals surface area (Å²) in [5.74, 6) is -2.37. The van der Waals surface area contributed by atoms with Gasteiger partial charge in [-0.1, -0.05) is 12.1 Å². The number of methoxy groups -OCH3 is 1. The topological polar surface area (TPSA) is 72.8 Å². The monoisotopic (exact) mass is 252 g/mol. The molecule has 18 heavy (non-hydrogen) atoms. The smallest absolute Gasteiger partial charge is 0.320 e. The van der Waals surface area contributed by atoms with E-state index < -0.39 is 17.9 Å². The Labute approximate surface area is 105 Å². The van der Waals surface area contributed by atoms with Crippen molar-refractivity contribution in [2.45, 2.75) is 13.3 Å². The van der Waals surface area contributed by atoms with E-state index in [1.54, 1.807) is 38.3 Å². The first-order valence-electron chi connectivity index (χ1n) is 5.60. The van der Waals surface area contributed by atoms with Crippen molar-refractivity contribution < 1.29 is 24.2 Å². The maximum atomic E-state index is 11.5. The van der Waals surface area contributed by atoms with Gasteiger partial charge in [-0.15, -0.1) is 0 Å². The van der Waals surface area contributed by atoms with Gasteiger partial charge in [0.05, 0.1) is 13.7 Å². The zero-order valence-electron chi connectivity index (χ0n) is 10.4. The lowest BCUT2D eigenvalue weighted by molar-refractivity contribution is -0.158. The molecule has 0 saturated carbocycles. The van der Waals surface area contributed by atoms with Gasteiger partial charge >= 0.3 is 11.9 Å². The molecule has 0 bridgehead atoms. The van der Waals surface area contributed by atoms with E-state index in [0.29, 0.717) is 5.75 Å². The van der Waals surface area contributed by atoms with Gasteiger partial charge < -0.3 is 14.6 Å². The normalized spacial score (nSPS) is 11.7. The number of esters is 1. The van der Waals surface area contributed by atoms with Crippen molar-refractivity contribution in [3.63, 3.8) is 0 Å². The molecule has 0 radical (unpaired) electrons. The van der Waals surface area contributed by atoms with Crippen LogP contribution in [0.15, 0.2) is 24.3 Å². The maximum Gasteiger partial charge on any atom is 0.320 e. The molecule has 1 aromatic carbocycles. The highest BCUT2D eigenvalue weighted by Crippen LogP contribution is 2.15. The molecule has 1 atom stereocenters.